The molecule has 0 bridgehead atoms. The van der Waals surface area contributed by atoms with E-state index in [1.165, 1.54) is 34.9 Å². The first-order valence-corrected chi connectivity index (χ1v) is 12.1. The topological polar surface area (TPSA) is 79.4 Å². The summed E-state index contributed by atoms with van der Waals surface area (Å²) in [7, 11) is -3.67. The van der Waals surface area contributed by atoms with Crippen LogP contribution < -0.4 is 5.32 Å². The van der Waals surface area contributed by atoms with Gasteiger partial charge in [0.15, 0.2) is 5.13 Å². The highest BCUT2D eigenvalue weighted by molar-refractivity contribution is 7.89. The summed E-state index contributed by atoms with van der Waals surface area (Å²) in [6, 6.07) is 4.83. The molecule has 156 valence electrons. The van der Waals surface area contributed by atoms with E-state index in [2.05, 4.69) is 23.5 Å². The van der Waals surface area contributed by atoms with E-state index in [0.29, 0.717) is 23.0 Å². The van der Waals surface area contributed by atoms with E-state index < -0.39 is 10.0 Å². The van der Waals surface area contributed by atoms with Crippen LogP contribution in [0.15, 0.2) is 48.4 Å². The van der Waals surface area contributed by atoms with E-state index in [1.807, 2.05) is 0 Å². The predicted molar refractivity (Wildman–Crippen MR) is 119 cm³/mol. The minimum Gasteiger partial charge on any atom is -0.302 e. The molecule has 1 saturated carbocycles. The molecule has 1 heterocycles. The summed E-state index contributed by atoms with van der Waals surface area (Å²) >= 11 is 1.29. The molecule has 2 aromatic rings. The number of fused-ring (bicyclic) bond motifs is 1. The first-order chi connectivity index (χ1) is 13.9. The van der Waals surface area contributed by atoms with E-state index >= 15 is 0 Å². The number of carbonyl (C=O) groups is 1. The van der Waals surface area contributed by atoms with Gasteiger partial charge >= 0.3 is 0 Å². The molecule has 1 fully saturated rings. The Morgan fingerprint density at radius 3 is 2.55 bits per heavy atom. The summed E-state index contributed by atoms with van der Waals surface area (Å²) in [5.74, 6) is 0.433. The average Bonchev–Trinajstić information content (AvgIpc) is 3.09. The van der Waals surface area contributed by atoms with Gasteiger partial charge in [0.05, 0.1) is 15.1 Å². The first kappa shape index (κ1) is 21.7. The molecule has 29 heavy (non-hydrogen) atoms. The van der Waals surface area contributed by atoms with Crippen LogP contribution in [0, 0.1) is 5.92 Å². The third kappa shape index (κ3) is 5.32. The van der Waals surface area contributed by atoms with E-state index in [0.717, 1.165) is 17.5 Å². The Hall–Kier alpha value is -2.03. The Morgan fingerprint density at radius 1 is 1.21 bits per heavy atom. The lowest BCUT2D eigenvalue weighted by Gasteiger charge is -2.20. The van der Waals surface area contributed by atoms with Crippen molar-refractivity contribution in [3.63, 3.8) is 0 Å². The summed E-state index contributed by atoms with van der Waals surface area (Å²) in [6.45, 7) is 7.66. The summed E-state index contributed by atoms with van der Waals surface area (Å²) in [6.07, 6.45) is 9.50. The second-order valence-corrected chi connectivity index (χ2v) is 10.3. The molecule has 8 heteroatoms. The zero-order valence-electron chi connectivity index (χ0n) is 16.5. The third-order valence-corrected chi connectivity index (χ3v) is 7.87. The quantitative estimate of drug-likeness (QED) is 0.588. The molecule has 1 aromatic carbocycles. The van der Waals surface area contributed by atoms with Crippen molar-refractivity contribution < 1.29 is 13.2 Å². The Bertz CT molecular complexity index is 982. The number of anilines is 1. The van der Waals surface area contributed by atoms with Gasteiger partial charge in [0, 0.05) is 19.5 Å². The van der Waals surface area contributed by atoms with Crippen molar-refractivity contribution in [3.05, 3.63) is 43.5 Å². The van der Waals surface area contributed by atoms with E-state index in [-0.39, 0.29) is 23.9 Å². The maximum atomic E-state index is 12.9. The van der Waals surface area contributed by atoms with Crippen molar-refractivity contribution in [1.82, 2.24) is 9.29 Å². The predicted octanol–water partition coefficient (Wildman–Crippen LogP) is 4.57. The fourth-order valence-corrected chi connectivity index (χ4v) is 6.05. The second-order valence-electron chi connectivity index (χ2n) is 7.30. The van der Waals surface area contributed by atoms with Crippen LogP contribution in [0.25, 0.3) is 10.2 Å². The van der Waals surface area contributed by atoms with Gasteiger partial charge in [-0.15, -0.1) is 13.2 Å². The van der Waals surface area contributed by atoms with Crippen molar-refractivity contribution >= 4 is 42.6 Å². The molecule has 0 aliphatic heterocycles. The summed E-state index contributed by atoms with van der Waals surface area (Å²) in [5.41, 5.74) is 0.668. The van der Waals surface area contributed by atoms with Gasteiger partial charge in [-0.1, -0.05) is 42.8 Å². The Labute approximate surface area is 176 Å². The molecule has 1 amide bonds. The van der Waals surface area contributed by atoms with Gasteiger partial charge in [0.25, 0.3) is 0 Å². The van der Waals surface area contributed by atoms with Crippen LogP contribution in [-0.4, -0.2) is 36.7 Å². The number of hydrogen-bond donors (Lipinski definition) is 1. The number of thiazole rings is 1. The minimum atomic E-state index is -3.67. The van der Waals surface area contributed by atoms with Crippen molar-refractivity contribution in [1.29, 1.82) is 0 Å². The highest BCUT2D eigenvalue weighted by Crippen LogP contribution is 2.30. The Balaban J connectivity index is 1.76. The van der Waals surface area contributed by atoms with E-state index in [9.17, 15) is 13.2 Å². The van der Waals surface area contributed by atoms with Crippen LogP contribution in [0.5, 0.6) is 0 Å². The number of carbonyl (C=O) groups excluding carboxylic acids is 1. The number of nitrogens with one attached hydrogen (secondary N) is 1. The molecule has 1 aliphatic rings. The van der Waals surface area contributed by atoms with Gasteiger partial charge in [0.1, 0.15) is 0 Å². The number of hydrogen-bond acceptors (Lipinski definition) is 5. The molecule has 1 N–H and O–H groups in total. The van der Waals surface area contributed by atoms with Gasteiger partial charge in [0.2, 0.25) is 15.9 Å². The first-order valence-electron chi connectivity index (χ1n) is 9.86. The molecule has 0 spiro atoms. The van der Waals surface area contributed by atoms with Crippen LogP contribution in [0.3, 0.4) is 0 Å². The van der Waals surface area contributed by atoms with Crippen LogP contribution in [-0.2, 0) is 14.8 Å². The smallest absolute Gasteiger partial charge is 0.243 e. The Kier molecular flexibility index (Phi) is 7.21. The van der Waals surface area contributed by atoms with Crippen LogP contribution in [0.2, 0.25) is 0 Å². The maximum absolute atomic E-state index is 12.9. The number of aromatic nitrogens is 1. The number of rotatable bonds is 9. The SMILES string of the molecule is C=CCN(CC=C)S(=O)(=O)c1ccc2nc(NC(=O)CC3CCCCC3)sc2c1. The average molecular weight is 434 g/mol. The lowest BCUT2D eigenvalue weighted by molar-refractivity contribution is -0.117. The van der Waals surface area contributed by atoms with Gasteiger partial charge in [-0.2, -0.15) is 4.31 Å². The highest BCUT2D eigenvalue weighted by atomic mass is 32.2. The lowest BCUT2D eigenvalue weighted by Crippen LogP contribution is -2.31. The number of sulfonamides is 1. The normalized spacial score (nSPS) is 15.5. The number of amides is 1. The minimum absolute atomic E-state index is 0.0213. The fraction of sp³-hybridized carbons (Fsp3) is 0.429. The Morgan fingerprint density at radius 2 is 1.90 bits per heavy atom. The van der Waals surface area contributed by atoms with E-state index in [4.69, 9.17) is 0 Å². The molecular weight excluding hydrogens is 406 g/mol. The van der Waals surface area contributed by atoms with Gasteiger partial charge < -0.3 is 5.32 Å². The van der Waals surface area contributed by atoms with Gasteiger partial charge in [-0.05, 0) is 37.0 Å². The summed E-state index contributed by atoms with van der Waals surface area (Å²) < 4.78 is 27.8. The highest BCUT2D eigenvalue weighted by Gasteiger charge is 2.23. The van der Waals surface area contributed by atoms with Crippen LogP contribution in [0.4, 0.5) is 5.13 Å². The molecule has 6 nitrogen and oxygen atoms in total. The molecule has 1 aromatic heterocycles. The maximum Gasteiger partial charge on any atom is 0.243 e. The molecule has 1 aliphatic carbocycles. The summed E-state index contributed by atoms with van der Waals surface area (Å²) in [5, 5.41) is 3.39. The zero-order chi connectivity index (χ0) is 20.9. The van der Waals surface area contributed by atoms with Gasteiger partial charge in [-0.3, -0.25) is 4.79 Å². The van der Waals surface area contributed by atoms with Crippen molar-refractivity contribution in [2.45, 2.75) is 43.4 Å². The zero-order valence-corrected chi connectivity index (χ0v) is 18.1. The molecule has 0 atom stereocenters. The van der Waals surface area contributed by atoms with Crippen LogP contribution >= 0.6 is 11.3 Å². The molecule has 0 saturated heterocycles. The summed E-state index contributed by atoms with van der Waals surface area (Å²) in [4.78, 5) is 17.0. The van der Waals surface area contributed by atoms with Crippen molar-refractivity contribution in [2.24, 2.45) is 5.92 Å². The number of nitrogens with zero attached hydrogens (tertiary/aromatic N) is 2. The lowest BCUT2D eigenvalue weighted by atomic mass is 9.87. The fourth-order valence-electron chi connectivity index (χ4n) is 3.65. The monoisotopic (exact) mass is 433 g/mol. The second kappa shape index (κ2) is 9.65. The third-order valence-electron chi connectivity index (χ3n) is 5.11. The number of benzene rings is 1. The van der Waals surface area contributed by atoms with Crippen molar-refractivity contribution in [2.75, 3.05) is 18.4 Å². The van der Waals surface area contributed by atoms with Crippen molar-refractivity contribution in [3.8, 4) is 0 Å². The molecule has 3 rings (SSSR count). The largest absolute Gasteiger partial charge is 0.302 e. The molecule has 0 radical (unpaired) electrons. The van der Waals surface area contributed by atoms with Gasteiger partial charge in [-0.25, -0.2) is 13.4 Å². The van der Waals surface area contributed by atoms with E-state index in [1.54, 1.807) is 30.4 Å². The molecule has 0 unspecified atom stereocenters. The standard InChI is InChI=1S/C21H27N3O3S2/c1-3-12-24(13-4-2)29(26,27)17-10-11-18-19(15-17)28-21(22-18)23-20(25)14-16-8-6-5-7-9-16/h3-4,10-11,15-16H,1-2,5-9,12-14H2,(H,22,23,25). The van der Waals surface area contributed by atoms with Crippen LogP contribution in [0.1, 0.15) is 38.5 Å². The molecular formula is C21H27N3O3S2.